The third kappa shape index (κ3) is 4.66. The Morgan fingerprint density at radius 1 is 1.33 bits per heavy atom. The van der Waals surface area contributed by atoms with Gasteiger partial charge < -0.3 is 14.2 Å². The van der Waals surface area contributed by atoms with Crippen molar-refractivity contribution in [2.45, 2.75) is 11.8 Å². The van der Waals surface area contributed by atoms with Crippen LogP contribution in [-0.2, 0) is 19.5 Å². The number of ether oxygens (including phenoxy) is 3. The van der Waals surface area contributed by atoms with E-state index >= 15 is 0 Å². The van der Waals surface area contributed by atoms with E-state index in [1.54, 1.807) is 6.92 Å². The highest BCUT2D eigenvalue weighted by Crippen LogP contribution is 2.28. The van der Waals surface area contributed by atoms with Crippen LogP contribution in [0, 0.1) is 5.82 Å². The highest BCUT2D eigenvalue weighted by molar-refractivity contribution is 7.89. The van der Waals surface area contributed by atoms with Crippen molar-refractivity contribution in [2.75, 3.05) is 26.9 Å². The fourth-order valence-corrected chi connectivity index (χ4v) is 2.25. The van der Waals surface area contributed by atoms with Gasteiger partial charge in [-0.15, -0.1) is 0 Å². The Morgan fingerprint density at radius 3 is 2.52 bits per heavy atom. The molecule has 7 nitrogen and oxygen atoms in total. The molecule has 0 radical (unpaired) electrons. The van der Waals surface area contributed by atoms with E-state index in [1.165, 1.54) is 0 Å². The fourth-order valence-electron chi connectivity index (χ4n) is 1.52. The summed E-state index contributed by atoms with van der Waals surface area (Å²) in [6.45, 7) is 2.39. The molecule has 0 saturated carbocycles. The van der Waals surface area contributed by atoms with Gasteiger partial charge in [-0.05, 0) is 19.1 Å². The molecule has 0 bridgehead atoms. The lowest BCUT2D eigenvalue weighted by molar-refractivity contribution is 0.0334. The number of primary sulfonamides is 1. The molecule has 0 amide bonds. The smallest absolute Gasteiger partial charge is 0.338 e. The second-order valence-electron chi connectivity index (χ2n) is 3.87. The summed E-state index contributed by atoms with van der Waals surface area (Å²) in [4.78, 5) is 11.1. The van der Waals surface area contributed by atoms with Gasteiger partial charge in [0.05, 0.1) is 19.3 Å². The van der Waals surface area contributed by atoms with Crippen LogP contribution >= 0.6 is 0 Å². The average molecular weight is 321 g/mol. The number of halogens is 1. The molecule has 0 spiro atoms. The van der Waals surface area contributed by atoms with Crippen molar-refractivity contribution in [1.82, 2.24) is 0 Å². The van der Waals surface area contributed by atoms with Gasteiger partial charge in [0.2, 0.25) is 10.0 Å². The Labute approximate surface area is 121 Å². The van der Waals surface area contributed by atoms with Gasteiger partial charge in [-0.2, -0.15) is 0 Å². The van der Waals surface area contributed by atoms with E-state index in [-0.39, 0.29) is 18.8 Å². The molecule has 118 valence electrons. The lowest BCUT2D eigenvalue weighted by atomic mass is 10.2. The Hall–Kier alpha value is -1.71. The largest absolute Gasteiger partial charge is 0.492 e. The predicted octanol–water partition coefficient (Wildman–Crippen LogP) is 0.675. The summed E-state index contributed by atoms with van der Waals surface area (Å²) in [5.41, 5.74) is -0.283. The van der Waals surface area contributed by atoms with Crippen LogP contribution in [0.25, 0.3) is 0 Å². The number of hydrogen-bond acceptors (Lipinski definition) is 6. The maximum atomic E-state index is 13.8. The molecule has 0 aliphatic carbocycles. The minimum Gasteiger partial charge on any atom is -0.492 e. The Balaban J connectivity index is 3.04. The standard InChI is InChI=1S/C12H16FNO6S/c1-3-19-4-5-20-12(15)8-6-9(13)11(18-2)10(7-8)21(14,16)17/h6-7H,3-5H2,1-2H3,(H2,14,16,17). The van der Waals surface area contributed by atoms with E-state index in [0.29, 0.717) is 6.61 Å². The lowest BCUT2D eigenvalue weighted by Crippen LogP contribution is -2.17. The van der Waals surface area contributed by atoms with Gasteiger partial charge in [0, 0.05) is 6.61 Å². The fraction of sp³-hybridized carbons (Fsp3) is 0.417. The molecule has 9 heteroatoms. The minimum atomic E-state index is -4.25. The van der Waals surface area contributed by atoms with E-state index in [2.05, 4.69) is 4.74 Å². The van der Waals surface area contributed by atoms with Crippen molar-refractivity contribution in [3.8, 4) is 5.75 Å². The van der Waals surface area contributed by atoms with Crippen molar-refractivity contribution >= 4 is 16.0 Å². The van der Waals surface area contributed by atoms with Gasteiger partial charge in [0.1, 0.15) is 11.5 Å². The molecule has 1 aromatic rings. The summed E-state index contributed by atoms with van der Waals surface area (Å²) in [5.74, 6) is -2.47. The van der Waals surface area contributed by atoms with E-state index in [4.69, 9.17) is 14.6 Å². The van der Waals surface area contributed by atoms with Crippen molar-refractivity contribution < 1.29 is 31.8 Å². The van der Waals surface area contributed by atoms with Crippen molar-refractivity contribution in [1.29, 1.82) is 0 Å². The van der Waals surface area contributed by atoms with Crippen molar-refractivity contribution in [3.63, 3.8) is 0 Å². The van der Waals surface area contributed by atoms with E-state index in [9.17, 15) is 17.6 Å². The first kappa shape index (κ1) is 17.3. The zero-order valence-corrected chi connectivity index (χ0v) is 12.4. The number of sulfonamides is 1. The topological polar surface area (TPSA) is 105 Å². The Morgan fingerprint density at radius 2 is 2.00 bits per heavy atom. The van der Waals surface area contributed by atoms with Gasteiger partial charge in [-0.3, -0.25) is 0 Å². The van der Waals surface area contributed by atoms with Crippen LogP contribution in [0.4, 0.5) is 4.39 Å². The van der Waals surface area contributed by atoms with Gasteiger partial charge in [-0.1, -0.05) is 0 Å². The molecular weight excluding hydrogens is 305 g/mol. The van der Waals surface area contributed by atoms with Gasteiger partial charge in [-0.25, -0.2) is 22.7 Å². The van der Waals surface area contributed by atoms with Crippen LogP contribution in [-0.4, -0.2) is 41.3 Å². The number of esters is 1. The number of benzene rings is 1. The van der Waals surface area contributed by atoms with Crippen molar-refractivity contribution in [2.24, 2.45) is 5.14 Å². The molecule has 0 saturated heterocycles. The number of methoxy groups -OCH3 is 1. The maximum Gasteiger partial charge on any atom is 0.338 e. The van der Waals surface area contributed by atoms with Crippen LogP contribution in [0.15, 0.2) is 17.0 Å². The number of hydrogen-bond donors (Lipinski definition) is 1. The maximum absolute atomic E-state index is 13.8. The first-order valence-corrected chi connectivity index (χ1v) is 7.51. The van der Waals surface area contributed by atoms with E-state index < -0.39 is 32.5 Å². The molecular formula is C12H16FNO6S. The molecule has 21 heavy (non-hydrogen) atoms. The molecule has 0 heterocycles. The number of carbonyl (C=O) groups is 1. The summed E-state index contributed by atoms with van der Waals surface area (Å²) in [6.07, 6.45) is 0. The lowest BCUT2D eigenvalue weighted by Gasteiger charge is -2.10. The SMILES string of the molecule is CCOCCOC(=O)c1cc(F)c(OC)c(S(N)(=O)=O)c1. The van der Waals surface area contributed by atoms with E-state index in [0.717, 1.165) is 19.2 Å². The van der Waals surface area contributed by atoms with Gasteiger partial charge in [0.15, 0.2) is 11.6 Å². The zero-order valence-electron chi connectivity index (χ0n) is 11.6. The monoisotopic (exact) mass is 321 g/mol. The summed E-state index contributed by atoms with van der Waals surface area (Å²) >= 11 is 0. The van der Waals surface area contributed by atoms with Gasteiger partial charge in [0.25, 0.3) is 0 Å². The van der Waals surface area contributed by atoms with Crippen LogP contribution in [0.2, 0.25) is 0 Å². The molecule has 1 aromatic carbocycles. The molecule has 2 N–H and O–H groups in total. The Bertz CT molecular complexity index is 616. The third-order valence-corrected chi connectivity index (χ3v) is 3.34. The number of nitrogens with two attached hydrogens (primary N) is 1. The second kappa shape index (κ2) is 7.34. The van der Waals surface area contributed by atoms with Crippen LogP contribution in [0.1, 0.15) is 17.3 Å². The first-order chi connectivity index (χ1) is 9.81. The minimum absolute atomic E-state index is 0.0367. The molecule has 0 fully saturated rings. The number of rotatable bonds is 7. The quantitative estimate of drug-likeness (QED) is 0.585. The molecule has 1 rings (SSSR count). The second-order valence-corrected chi connectivity index (χ2v) is 5.40. The molecule has 0 unspecified atom stereocenters. The average Bonchev–Trinajstić information content (AvgIpc) is 2.41. The summed E-state index contributed by atoms with van der Waals surface area (Å²) < 4.78 is 51.0. The molecule has 0 aromatic heterocycles. The zero-order chi connectivity index (χ0) is 16.0. The highest BCUT2D eigenvalue weighted by Gasteiger charge is 2.23. The van der Waals surface area contributed by atoms with Gasteiger partial charge >= 0.3 is 5.97 Å². The molecule has 0 aliphatic rings. The highest BCUT2D eigenvalue weighted by atomic mass is 32.2. The van der Waals surface area contributed by atoms with Crippen LogP contribution in [0.3, 0.4) is 0 Å². The van der Waals surface area contributed by atoms with E-state index in [1.807, 2.05) is 0 Å². The molecule has 0 aliphatic heterocycles. The normalized spacial score (nSPS) is 11.2. The summed E-state index contributed by atoms with van der Waals surface area (Å²) in [7, 11) is -3.16. The summed E-state index contributed by atoms with van der Waals surface area (Å²) in [5, 5.41) is 4.96. The third-order valence-electron chi connectivity index (χ3n) is 2.42. The summed E-state index contributed by atoms with van der Waals surface area (Å²) in [6, 6.07) is 1.72. The Kier molecular flexibility index (Phi) is 6.06. The van der Waals surface area contributed by atoms with Crippen LogP contribution < -0.4 is 9.88 Å². The van der Waals surface area contributed by atoms with Crippen LogP contribution in [0.5, 0.6) is 5.75 Å². The molecule has 0 atom stereocenters. The predicted molar refractivity (Wildman–Crippen MR) is 71.1 cm³/mol. The first-order valence-electron chi connectivity index (χ1n) is 5.96. The van der Waals surface area contributed by atoms with Crippen molar-refractivity contribution in [3.05, 3.63) is 23.5 Å². The number of carbonyl (C=O) groups excluding carboxylic acids is 1.